The molecule has 88 valence electrons. The van der Waals surface area contributed by atoms with Crippen LogP contribution >= 0.6 is 0 Å². The molecule has 0 aliphatic heterocycles. The van der Waals surface area contributed by atoms with Gasteiger partial charge >= 0.3 is 0 Å². The van der Waals surface area contributed by atoms with Crippen molar-refractivity contribution in [3.8, 4) is 11.5 Å². The molecule has 16 heavy (non-hydrogen) atoms. The fourth-order valence-corrected chi connectivity index (χ4v) is 1.69. The highest BCUT2D eigenvalue weighted by Gasteiger charge is 2.15. The Labute approximate surface area is 96.9 Å². The smallest absolute Gasteiger partial charge is 0.165 e. The second-order valence-corrected chi connectivity index (χ2v) is 3.85. The van der Waals surface area contributed by atoms with Crippen LogP contribution in [-0.4, -0.2) is 14.2 Å². The minimum absolute atomic E-state index is 0.109. The molecule has 0 amide bonds. The molecular formula is C13H19NO2. The first kappa shape index (κ1) is 12.6. The largest absolute Gasteiger partial charge is 0.493 e. The van der Waals surface area contributed by atoms with Gasteiger partial charge in [0.05, 0.1) is 14.2 Å². The zero-order valence-corrected chi connectivity index (χ0v) is 10.1. The molecule has 1 unspecified atom stereocenters. The van der Waals surface area contributed by atoms with Gasteiger partial charge in [0, 0.05) is 11.6 Å². The molecule has 0 aliphatic carbocycles. The quantitative estimate of drug-likeness (QED) is 0.777. The van der Waals surface area contributed by atoms with E-state index in [0.717, 1.165) is 17.6 Å². The van der Waals surface area contributed by atoms with Crippen molar-refractivity contribution in [2.45, 2.75) is 19.4 Å². The van der Waals surface area contributed by atoms with Crippen LogP contribution in [0.25, 0.3) is 0 Å². The molecule has 0 fully saturated rings. The molecule has 2 N–H and O–H groups in total. The lowest BCUT2D eigenvalue weighted by molar-refractivity contribution is 0.349. The normalized spacial score (nSPS) is 12.0. The van der Waals surface area contributed by atoms with Crippen LogP contribution in [0.3, 0.4) is 0 Å². The summed E-state index contributed by atoms with van der Waals surface area (Å²) in [4.78, 5) is 0. The average molecular weight is 221 g/mol. The van der Waals surface area contributed by atoms with Gasteiger partial charge in [-0.05, 0) is 19.4 Å². The molecule has 0 radical (unpaired) electrons. The molecule has 1 rings (SSSR count). The highest BCUT2D eigenvalue weighted by molar-refractivity contribution is 5.48. The summed E-state index contributed by atoms with van der Waals surface area (Å²) in [7, 11) is 3.24. The fourth-order valence-electron chi connectivity index (χ4n) is 1.69. The second kappa shape index (κ2) is 5.56. The van der Waals surface area contributed by atoms with E-state index in [0.29, 0.717) is 11.5 Å². The first-order valence-electron chi connectivity index (χ1n) is 5.21. The van der Waals surface area contributed by atoms with Crippen molar-refractivity contribution in [2.75, 3.05) is 14.2 Å². The number of hydrogen-bond acceptors (Lipinski definition) is 3. The van der Waals surface area contributed by atoms with Crippen LogP contribution in [0.2, 0.25) is 0 Å². The van der Waals surface area contributed by atoms with Crippen molar-refractivity contribution in [2.24, 2.45) is 5.73 Å². The maximum Gasteiger partial charge on any atom is 0.165 e. The number of hydrogen-bond donors (Lipinski definition) is 1. The minimum Gasteiger partial charge on any atom is -0.493 e. The van der Waals surface area contributed by atoms with Crippen molar-refractivity contribution < 1.29 is 9.47 Å². The summed E-state index contributed by atoms with van der Waals surface area (Å²) < 4.78 is 10.6. The van der Waals surface area contributed by atoms with E-state index in [2.05, 4.69) is 6.58 Å². The van der Waals surface area contributed by atoms with Crippen LogP contribution in [-0.2, 0) is 0 Å². The standard InChI is InChI=1S/C13H19NO2/c1-9(2)8-11(14)10-6-5-7-12(15-3)13(10)16-4/h5-7,11H,1,8,14H2,2-4H3. The molecule has 0 spiro atoms. The van der Waals surface area contributed by atoms with Crippen molar-refractivity contribution in [1.82, 2.24) is 0 Å². The van der Waals surface area contributed by atoms with Gasteiger partial charge < -0.3 is 15.2 Å². The molecule has 1 atom stereocenters. The summed E-state index contributed by atoms with van der Waals surface area (Å²) in [5.74, 6) is 1.41. The van der Waals surface area contributed by atoms with Gasteiger partial charge in [0.25, 0.3) is 0 Å². The first-order chi connectivity index (χ1) is 7.60. The van der Waals surface area contributed by atoms with E-state index < -0.39 is 0 Å². The van der Waals surface area contributed by atoms with Gasteiger partial charge in [-0.15, -0.1) is 6.58 Å². The topological polar surface area (TPSA) is 44.5 Å². The Hall–Kier alpha value is -1.48. The van der Waals surface area contributed by atoms with Crippen molar-refractivity contribution in [3.63, 3.8) is 0 Å². The lowest BCUT2D eigenvalue weighted by Gasteiger charge is -2.17. The molecule has 0 bridgehead atoms. The van der Waals surface area contributed by atoms with Crippen molar-refractivity contribution >= 4 is 0 Å². The number of benzene rings is 1. The Kier molecular flexibility index (Phi) is 4.38. The van der Waals surface area contributed by atoms with Gasteiger partial charge in [-0.2, -0.15) is 0 Å². The van der Waals surface area contributed by atoms with Crippen LogP contribution in [0.15, 0.2) is 30.4 Å². The van der Waals surface area contributed by atoms with Gasteiger partial charge in [-0.3, -0.25) is 0 Å². The molecule has 3 heteroatoms. The maximum absolute atomic E-state index is 6.10. The summed E-state index contributed by atoms with van der Waals surface area (Å²) in [5, 5.41) is 0. The van der Waals surface area contributed by atoms with Gasteiger partial charge in [-0.25, -0.2) is 0 Å². The highest BCUT2D eigenvalue weighted by Crippen LogP contribution is 2.35. The van der Waals surface area contributed by atoms with Gasteiger partial charge in [0.2, 0.25) is 0 Å². The Bertz CT molecular complexity index is 374. The molecule has 1 aromatic carbocycles. The van der Waals surface area contributed by atoms with E-state index >= 15 is 0 Å². The van der Waals surface area contributed by atoms with E-state index in [4.69, 9.17) is 15.2 Å². The predicted octanol–water partition coefficient (Wildman–Crippen LogP) is 2.67. The maximum atomic E-state index is 6.10. The van der Waals surface area contributed by atoms with E-state index in [1.165, 1.54) is 0 Å². The molecule has 0 heterocycles. The zero-order valence-electron chi connectivity index (χ0n) is 10.1. The molecule has 0 aliphatic rings. The SMILES string of the molecule is C=C(C)CC(N)c1cccc(OC)c1OC. The summed E-state index contributed by atoms with van der Waals surface area (Å²) in [6, 6.07) is 5.61. The van der Waals surface area contributed by atoms with Crippen molar-refractivity contribution in [1.29, 1.82) is 0 Å². The van der Waals surface area contributed by atoms with Crippen LogP contribution in [0.5, 0.6) is 11.5 Å². The van der Waals surface area contributed by atoms with Crippen molar-refractivity contribution in [3.05, 3.63) is 35.9 Å². The Morgan fingerprint density at radius 1 is 1.38 bits per heavy atom. The molecular weight excluding hydrogens is 202 g/mol. The van der Waals surface area contributed by atoms with E-state index in [1.54, 1.807) is 14.2 Å². The lowest BCUT2D eigenvalue weighted by Crippen LogP contribution is -2.12. The average Bonchev–Trinajstić information content (AvgIpc) is 2.26. The Morgan fingerprint density at radius 3 is 2.56 bits per heavy atom. The van der Waals surface area contributed by atoms with Gasteiger partial charge in [0.15, 0.2) is 11.5 Å². The third-order valence-electron chi connectivity index (χ3n) is 2.40. The number of ether oxygens (including phenoxy) is 2. The number of para-hydroxylation sites is 1. The zero-order chi connectivity index (χ0) is 12.1. The first-order valence-corrected chi connectivity index (χ1v) is 5.21. The van der Waals surface area contributed by atoms with Gasteiger partial charge in [0.1, 0.15) is 0 Å². The molecule has 0 saturated heterocycles. The number of methoxy groups -OCH3 is 2. The fraction of sp³-hybridized carbons (Fsp3) is 0.385. The molecule has 0 saturated carbocycles. The minimum atomic E-state index is -0.109. The molecule has 0 aromatic heterocycles. The highest BCUT2D eigenvalue weighted by atomic mass is 16.5. The second-order valence-electron chi connectivity index (χ2n) is 3.85. The number of rotatable bonds is 5. The monoisotopic (exact) mass is 221 g/mol. The van der Waals surface area contributed by atoms with E-state index in [1.807, 2.05) is 25.1 Å². The summed E-state index contributed by atoms with van der Waals surface area (Å²) in [6.07, 6.45) is 0.740. The summed E-state index contributed by atoms with van der Waals surface area (Å²) in [5.41, 5.74) is 8.10. The Morgan fingerprint density at radius 2 is 2.06 bits per heavy atom. The van der Waals surface area contributed by atoms with E-state index in [-0.39, 0.29) is 6.04 Å². The number of nitrogens with two attached hydrogens (primary N) is 1. The summed E-state index contributed by atoms with van der Waals surface area (Å²) in [6.45, 7) is 5.83. The van der Waals surface area contributed by atoms with E-state index in [9.17, 15) is 0 Å². The molecule has 1 aromatic rings. The van der Waals surface area contributed by atoms with Gasteiger partial charge in [-0.1, -0.05) is 17.7 Å². The van der Waals surface area contributed by atoms with Crippen LogP contribution in [0.1, 0.15) is 24.9 Å². The van der Waals surface area contributed by atoms with Crippen LogP contribution in [0.4, 0.5) is 0 Å². The third-order valence-corrected chi connectivity index (χ3v) is 2.40. The Balaban J connectivity index is 3.07. The predicted molar refractivity (Wildman–Crippen MR) is 65.9 cm³/mol. The molecule has 3 nitrogen and oxygen atoms in total. The third kappa shape index (κ3) is 2.76. The lowest BCUT2D eigenvalue weighted by atomic mass is 10.00. The summed E-state index contributed by atoms with van der Waals surface area (Å²) >= 11 is 0. The van der Waals surface area contributed by atoms with Crippen LogP contribution in [0, 0.1) is 0 Å². The van der Waals surface area contributed by atoms with Crippen LogP contribution < -0.4 is 15.2 Å².